The largest absolute Gasteiger partial charge is 0.207 e. The van der Waals surface area contributed by atoms with E-state index in [2.05, 4.69) is 61.5 Å². The van der Waals surface area contributed by atoms with Crippen molar-refractivity contribution >= 4 is 32.3 Å². The Hall–Kier alpha value is -3.78. The summed E-state index contributed by atoms with van der Waals surface area (Å²) in [6.07, 6.45) is 0. The molecule has 0 aliphatic heterocycles. The molecule has 154 valence electrons. The molecule has 0 saturated heterocycles. The molecule has 6 aromatic rings. The predicted octanol–water partition coefficient (Wildman–Crippen LogP) is 8.22. The van der Waals surface area contributed by atoms with Crippen LogP contribution in [0.4, 0.5) is 8.78 Å². The van der Waals surface area contributed by atoms with Crippen molar-refractivity contribution in [1.82, 2.24) is 0 Å². The van der Waals surface area contributed by atoms with Gasteiger partial charge in [-0.2, -0.15) is 0 Å². The molecule has 0 aliphatic carbocycles. The first-order valence-electron chi connectivity index (χ1n) is 10.7. The Labute approximate surface area is 185 Å². The Bertz CT molecular complexity index is 1550. The maximum absolute atomic E-state index is 14.4. The number of hydrogen-bond donors (Lipinski definition) is 0. The van der Waals surface area contributed by atoms with E-state index in [-0.39, 0.29) is 11.6 Å². The third kappa shape index (κ3) is 2.66. The summed E-state index contributed by atoms with van der Waals surface area (Å²) in [5.74, 6) is -0.606. The van der Waals surface area contributed by atoms with E-state index >= 15 is 0 Å². The van der Waals surface area contributed by atoms with E-state index in [1.165, 1.54) is 33.7 Å². The molecule has 0 heterocycles. The Morgan fingerprint density at radius 2 is 1.03 bits per heavy atom. The fourth-order valence-corrected chi connectivity index (χ4v) is 5.25. The van der Waals surface area contributed by atoms with Gasteiger partial charge in [0.15, 0.2) is 0 Å². The molecule has 32 heavy (non-hydrogen) atoms. The molecule has 2 heteroatoms. The zero-order chi connectivity index (χ0) is 21.9. The van der Waals surface area contributed by atoms with Crippen molar-refractivity contribution in [2.45, 2.75) is 12.3 Å². The van der Waals surface area contributed by atoms with Crippen molar-refractivity contribution in [2.75, 3.05) is 0 Å². The van der Waals surface area contributed by atoms with Crippen LogP contribution >= 0.6 is 0 Å². The first kappa shape index (κ1) is 18.9. The Balaban J connectivity index is 1.77. The van der Waals surface area contributed by atoms with Gasteiger partial charge in [0, 0.05) is 5.41 Å². The molecule has 0 radical (unpaired) electrons. The number of halogens is 2. The molecule has 0 fully saturated rings. The Kier molecular flexibility index (Phi) is 4.06. The van der Waals surface area contributed by atoms with Crippen molar-refractivity contribution in [1.29, 1.82) is 0 Å². The molecule has 0 N–H and O–H groups in total. The van der Waals surface area contributed by atoms with E-state index in [9.17, 15) is 8.78 Å². The molecular formula is C30H20F2. The summed E-state index contributed by atoms with van der Waals surface area (Å²) in [4.78, 5) is 0. The minimum atomic E-state index is -0.744. The van der Waals surface area contributed by atoms with Gasteiger partial charge in [-0.15, -0.1) is 0 Å². The van der Waals surface area contributed by atoms with Crippen molar-refractivity contribution in [3.05, 3.63) is 131 Å². The van der Waals surface area contributed by atoms with Crippen LogP contribution in [-0.4, -0.2) is 0 Å². The van der Waals surface area contributed by atoms with Crippen molar-refractivity contribution in [3.63, 3.8) is 0 Å². The van der Waals surface area contributed by atoms with E-state index in [4.69, 9.17) is 0 Å². The van der Waals surface area contributed by atoms with Gasteiger partial charge in [0.05, 0.1) is 0 Å². The lowest BCUT2D eigenvalue weighted by Crippen LogP contribution is -2.26. The molecule has 0 spiro atoms. The topological polar surface area (TPSA) is 0 Å². The van der Waals surface area contributed by atoms with Gasteiger partial charge >= 0.3 is 0 Å². The molecule has 0 aliphatic rings. The van der Waals surface area contributed by atoms with Crippen LogP contribution in [-0.2, 0) is 5.41 Å². The summed E-state index contributed by atoms with van der Waals surface area (Å²) in [5.41, 5.74) is 1.86. The Morgan fingerprint density at radius 1 is 0.531 bits per heavy atom. The van der Waals surface area contributed by atoms with Crippen LogP contribution in [0.2, 0.25) is 0 Å². The highest BCUT2D eigenvalue weighted by Crippen LogP contribution is 2.45. The van der Waals surface area contributed by atoms with Crippen molar-refractivity contribution in [2.24, 2.45) is 0 Å². The van der Waals surface area contributed by atoms with E-state index in [0.717, 1.165) is 27.5 Å². The fraction of sp³-hybridized carbons (Fsp3) is 0.0667. The average Bonchev–Trinajstić information content (AvgIpc) is 2.82. The quantitative estimate of drug-likeness (QED) is 0.201. The van der Waals surface area contributed by atoms with Crippen LogP contribution in [0.3, 0.4) is 0 Å². The maximum atomic E-state index is 14.4. The summed E-state index contributed by atoms with van der Waals surface area (Å²) in [7, 11) is 0. The molecule has 0 amide bonds. The summed E-state index contributed by atoms with van der Waals surface area (Å²) < 4.78 is 28.7. The van der Waals surface area contributed by atoms with Gasteiger partial charge < -0.3 is 0 Å². The van der Waals surface area contributed by atoms with Gasteiger partial charge in [0.25, 0.3) is 0 Å². The van der Waals surface area contributed by atoms with Gasteiger partial charge in [-0.3, -0.25) is 0 Å². The van der Waals surface area contributed by atoms with E-state index in [1.807, 2.05) is 12.1 Å². The minimum Gasteiger partial charge on any atom is -0.207 e. The predicted molar refractivity (Wildman–Crippen MR) is 129 cm³/mol. The van der Waals surface area contributed by atoms with Gasteiger partial charge in [0.1, 0.15) is 11.6 Å². The average molecular weight is 418 g/mol. The highest BCUT2D eigenvalue weighted by atomic mass is 19.1. The molecular weight excluding hydrogens is 398 g/mol. The molecule has 6 rings (SSSR count). The Morgan fingerprint density at radius 3 is 1.62 bits per heavy atom. The maximum Gasteiger partial charge on any atom is 0.123 e. The highest BCUT2D eigenvalue weighted by molar-refractivity contribution is 6.23. The first-order valence-corrected chi connectivity index (χ1v) is 10.7. The fourth-order valence-electron chi connectivity index (χ4n) is 5.25. The smallest absolute Gasteiger partial charge is 0.123 e. The second-order valence-corrected chi connectivity index (χ2v) is 8.61. The summed E-state index contributed by atoms with van der Waals surface area (Å²) >= 11 is 0. The van der Waals surface area contributed by atoms with E-state index in [0.29, 0.717) is 0 Å². The van der Waals surface area contributed by atoms with Gasteiger partial charge in [0.2, 0.25) is 0 Å². The van der Waals surface area contributed by atoms with Crippen LogP contribution in [0.25, 0.3) is 32.3 Å². The lowest BCUT2D eigenvalue weighted by Gasteiger charge is -2.33. The number of benzene rings is 6. The molecule has 0 aromatic heterocycles. The molecule has 0 unspecified atom stereocenters. The first-order chi connectivity index (χ1) is 15.6. The standard InChI is InChI=1S/C30H20F2/c1-30(22-7-3-9-24(31)17-22,23-8-4-10-25(32)18-23)27-16-14-21-12-11-19-5-2-6-20-13-15-26(27)29(21)28(19)20/h2-18H,1H3. The summed E-state index contributed by atoms with van der Waals surface area (Å²) in [6.45, 7) is 2.06. The lowest BCUT2D eigenvalue weighted by atomic mass is 9.69. The van der Waals surface area contributed by atoms with Crippen molar-refractivity contribution < 1.29 is 8.78 Å². The highest BCUT2D eigenvalue weighted by Gasteiger charge is 2.34. The monoisotopic (exact) mass is 418 g/mol. The zero-order valence-electron chi connectivity index (χ0n) is 17.6. The SMILES string of the molecule is CC(c1cccc(F)c1)(c1cccc(F)c1)c1ccc2ccc3cccc4ccc1c2c34. The van der Waals surface area contributed by atoms with Gasteiger partial charge in [-0.05, 0) is 80.2 Å². The third-order valence-corrected chi connectivity index (χ3v) is 6.87. The van der Waals surface area contributed by atoms with Crippen LogP contribution < -0.4 is 0 Å². The van der Waals surface area contributed by atoms with Crippen LogP contribution in [0, 0.1) is 11.6 Å². The molecule has 6 aromatic carbocycles. The lowest BCUT2D eigenvalue weighted by molar-refractivity contribution is 0.605. The molecule has 0 saturated carbocycles. The van der Waals surface area contributed by atoms with Gasteiger partial charge in [-0.25, -0.2) is 8.78 Å². The van der Waals surface area contributed by atoms with Crippen molar-refractivity contribution in [3.8, 4) is 0 Å². The third-order valence-electron chi connectivity index (χ3n) is 6.87. The van der Waals surface area contributed by atoms with Crippen LogP contribution in [0.15, 0.2) is 103 Å². The number of rotatable bonds is 3. The summed E-state index contributed by atoms with van der Waals surface area (Å²) in [6, 6.07) is 32.5. The molecule has 0 nitrogen and oxygen atoms in total. The second-order valence-electron chi connectivity index (χ2n) is 8.61. The zero-order valence-corrected chi connectivity index (χ0v) is 17.6. The van der Waals surface area contributed by atoms with Gasteiger partial charge in [-0.1, -0.05) is 78.9 Å². The summed E-state index contributed by atoms with van der Waals surface area (Å²) in [5, 5.41) is 7.06. The van der Waals surface area contributed by atoms with Crippen LogP contribution in [0.5, 0.6) is 0 Å². The normalized spacial score (nSPS) is 12.2. The number of hydrogen-bond acceptors (Lipinski definition) is 0. The minimum absolute atomic E-state index is 0.303. The molecule has 0 bridgehead atoms. The molecule has 0 atom stereocenters. The van der Waals surface area contributed by atoms with Crippen LogP contribution in [0.1, 0.15) is 23.6 Å². The van der Waals surface area contributed by atoms with E-state index in [1.54, 1.807) is 24.3 Å². The van der Waals surface area contributed by atoms with E-state index < -0.39 is 5.41 Å². The second kappa shape index (κ2) is 6.86.